The highest BCUT2D eigenvalue weighted by Gasteiger charge is 2.26. The van der Waals surface area contributed by atoms with Crippen LogP contribution in [-0.4, -0.2) is 16.8 Å². The zero-order valence-electron chi connectivity index (χ0n) is 21.6. The predicted molar refractivity (Wildman–Crippen MR) is 140 cm³/mol. The molecule has 2 aromatic rings. The minimum Gasteiger partial charge on any atom is -0.228 e. The predicted octanol–water partition coefficient (Wildman–Crippen LogP) is 8.60. The highest BCUT2D eigenvalue weighted by Crippen LogP contribution is 2.24. The first-order chi connectivity index (χ1) is 15.9. The summed E-state index contributed by atoms with van der Waals surface area (Å²) in [5.74, 6) is -0.109. The molecular formula is C31H45FN+. The van der Waals surface area contributed by atoms with Crippen LogP contribution in [0.1, 0.15) is 114 Å². The van der Waals surface area contributed by atoms with Gasteiger partial charge >= 0.3 is 0 Å². The molecule has 0 saturated heterocycles. The van der Waals surface area contributed by atoms with Crippen LogP contribution >= 0.6 is 0 Å². The van der Waals surface area contributed by atoms with Crippen LogP contribution in [0, 0.1) is 5.82 Å². The van der Waals surface area contributed by atoms with E-state index in [2.05, 4.69) is 56.5 Å². The van der Waals surface area contributed by atoms with E-state index in [1.54, 1.807) is 12.1 Å². The van der Waals surface area contributed by atoms with E-state index >= 15 is 0 Å². The molecule has 0 unspecified atom stereocenters. The van der Waals surface area contributed by atoms with Gasteiger partial charge in [0.05, 0.1) is 0 Å². The highest BCUT2D eigenvalue weighted by molar-refractivity contribution is 5.98. The van der Waals surface area contributed by atoms with Gasteiger partial charge in [0, 0.05) is 24.0 Å². The van der Waals surface area contributed by atoms with Gasteiger partial charge in [-0.25, -0.2) is 8.97 Å². The maximum absolute atomic E-state index is 13.9. The number of nitrogens with zero attached hydrogens (tertiary/aromatic N) is 1. The third kappa shape index (κ3) is 7.80. The molecule has 2 heteroatoms. The third-order valence-corrected chi connectivity index (χ3v) is 7.12. The molecule has 0 spiro atoms. The van der Waals surface area contributed by atoms with Gasteiger partial charge in [-0.3, -0.25) is 0 Å². The molecule has 0 fully saturated rings. The largest absolute Gasteiger partial charge is 0.228 e. The van der Waals surface area contributed by atoms with Crippen molar-refractivity contribution in [3.8, 4) is 0 Å². The minimum absolute atomic E-state index is 0.109. The fourth-order valence-electron chi connectivity index (χ4n) is 5.01. The van der Waals surface area contributed by atoms with Gasteiger partial charge in [-0.05, 0) is 41.2 Å². The first-order valence-electron chi connectivity index (χ1n) is 13.4. The number of hydrogen-bond acceptors (Lipinski definition) is 0. The Kier molecular flexibility index (Phi) is 9.71. The van der Waals surface area contributed by atoms with Gasteiger partial charge in [-0.1, -0.05) is 103 Å². The summed E-state index contributed by atoms with van der Waals surface area (Å²) in [4.78, 5) is 0. The zero-order valence-corrected chi connectivity index (χ0v) is 21.6. The van der Waals surface area contributed by atoms with Crippen molar-refractivity contribution in [2.24, 2.45) is 0 Å². The lowest BCUT2D eigenvalue weighted by Gasteiger charge is -2.21. The van der Waals surface area contributed by atoms with Gasteiger partial charge in [0.1, 0.15) is 12.4 Å². The number of benzene rings is 2. The molecule has 3 rings (SSSR count). The lowest BCUT2D eigenvalue weighted by Crippen LogP contribution is -2.30. The molecule has 0 amide bonds. The van der Waals surface area contributed by atoms with Crippen LogP contribution in [0.3, 0.4) is 0 Å². The summed E-state index contributed by atoms with van der Waals surface area (Å²) >= 11 is 0. The fraction of sp³-hybridized carbons (Fsp3) is 0.581. The topological polar surface area (TPSA) is 3.01 Å². The van der Waals surface area contributed by atoms with Gasteiger partial charge in [0.25, 0.3) is 0 Å². The van der Waals surface area contributed by atoms with E-state index in [1.807, 2.05) is 6.07 Å². The maximum Gasteiger partial charge on any atom is 0.183 e. The van der Waals surface area contributed by atoms with Crippen LogP contribution in [-0.2, 0) is 18.4 Å². The summed E-state index contributed by atoms with van der Waals surface area (Å²) in [7, 11) is 0. The summed E-state index contributed by atoms with van der Waals surface area (Å²) in [5.41, 5.74) is 6.79. The lowest BCUT2D eigenvalue weighted by molar-refractivity contribution is -0.545. The molecule has 2 aromatic carbocycles. The smallest absolute Gasteiger partial charge is 0.183 e. The zero-order chi connectivity index (χ0) is 23.7. The molecular weight excluding hydrogens is 405 g/mol. The monoisotopic (exact) mass is 450 g/mol. The summed E-state index contributed by atoms with van der Waals surface area (Å²) in [6, 6.07) is 14.5. The summed E-state index contributed by atoms with van der Waals surface area (Å²) in [6.45, 7) is 11.0. The molecule has 0 atom stereocenters. The van der Waals surface area contributed by atoms with Crippen molar-refractivity contribution < 1.29 is 8.97 Å². The third-order valence-electron chi connectivity index (χ3n) is 7.12. The van der Waals surface area contributed by atoms with Crippen LogP contribution in [0.25, 0.3) is 0 Å². The van der Waals surface area contributed by atoms with Crippen LogP contribution in [0.4, 0.5) is 4.39 Å². The molecule has 33 heavy (non-hydrogen) atoms. The van der Waals surface area contributed by atoms with Gasteiger partial charge in [0.15, 0.2) is 12.3 Å². The SMILES string of the molecule is CCCCCCCCCCCC1=[N+](Cc2ccc(C(C)(C)C)cc2)CCc2cc(F)ccc21. The normalized spacial score (nSPS) is 14.0. The first-order valence-corrected chi connectivity index (χ1v) is 13.4. The minimum atomic E-state index is -0.109. The Hall–Kier alpha value is -1.96. The van der Waals surface area contributed by atoms with E-state index in [-0.39, 0.29) is 11.2 Å². The van der Waals surface area contributed by atoms with E-state index in [1.165, 1.54) is 85.8 Å². The Bertz CT molecular complexity index is 902. The van der Waals surface area contributed by atoms with Crippen molar-refractivity contribution >= 4 is 5.71 Å². The van der Waals surface area contributed by atoms with Gasteiger partial charge in [-0.15, -0.1) is 0 Å². The number of unbranched alkanes of at least 4 members (excludes halogenated alkanes) is 8. The summed E-state index contributed by atoms with van der Waals surface area (Å²) in [5, 5.41) is 0. The molecule has 0 saturated carbocycles. The average molecular weight is 451 g/mol. The van der Waals surface area contributed by atoms with Crippen molar-refractivity contribution in [2.45, 2.75) is 110 Å². The second-order valence-electron chi connectivity index (χ2n) is 10.9. The Morgan fingerprint density at radius 3 is 2.09 bits per heavy atom. The van der Waals surface area contributed by atoms with Crippen molar-refractivity contribution in [3.05, 3.63) is 70.5 Å². The first kappa shape index (κ1) is 25.7. The van der Waals surface area contributed by atoms with Crippen molar-refractivity contribution in [3.63, 3.8) is 0 Å². The summed E-state index contributed by atoms with van der Waals surface area (Å²) < 4.78 is 16.4. The Morgan fingerprint density at radius 2 is 1.45 bits per heavy atom. The lowest BCUT2D eigenvalue weighted by atomic mass is 9.86. The summed E-state index contributed by atoms with van der Waals surface area (Å²) in [6.07, 6.45) is 14.1. The fourth-order valence-corrected chi connectivity index (χ4v) is 5.01. The molecule has 1 heterocycles. The Labute approximate surface area is 202 Å². The Morgan fingerprint density at radius 1 is 0.818 bits per heavy atom. The molecule has 180 valence electrons. The molecule has 0 aliphatic carbocycles. The molecule has 1 nitrogen and oxygen atoms in total. The highest BCUT2D eigenvalue weighted by atomic mass is 19.1. The number of fused-ring (bicyclic) bond motifs is 1. The van der Waals surface area contributed by atoms with Gasteiger partial charge in [-0.2, -0.15) is 0 Å². The average Bonchev–Trinajstić information content (AvgIpc) is 2.78. The number of hydrogen-bond donors (Lipinski definition) is 0. The molecule has 0 aromatic heterocycles. The van der Waals surface area contributed by atoms with Crippen molar-refractivity contribution in [1.29, 1.82) is 0 Å². The van der Waals surface area contributed by atoms with E-state index in [0.29, 0.717) is 0 Å². The quantitative estimate of drug-likeness (QED) is 0.225. The van der Waals surface area contributed by atoms with E-state index in [9.17, 15) is 4.39 Å². The molecule has 0 bridgehead atoms. The van der Waals surface area contributed by atoms with Crippen LogP contribution in [0.2, 0.25) is 0 Å². The Balaban J connectivity index is 1.65. The van der Waals surface area contributed by atoms with Crippen LogP contribution < -0.4 is 0 Å². The second-order valence-corrected chi connectivity index (χ2v) is 10.9. The standard InChI is InChI=1S/C31H45FN/c1-5-6-7-8-9-10-11-12-13-14-30-29-20-19-28(32)23-26(29)21-22-33(30)24-25-15-17-27(18-16-25)31(2,3)4/h15-20,23H,5-14,21-22,24H2,1-4H3/q+1. The van der Waals surface area contributed by atoms with E-state index in [4.69, 9.17) is 0 Å². The van der Waals surface area contributed by atoms with Gasteiger partial charge < -0.3 is 0 Å². The molecule has 1 aliphatic heterocycles. The number of rotatable bonds is 12. The molecule has 1 aliphatic rings. The molecule has 0 N–H and O–H groups in total. The van der Waals surface area contributed by atoms with Crippen LogP contribution in [0.5, 0.6) is 0 Å². The number of halogens is 1. The van der Waals surface area contributed by atoms with E-state index in [0.717, 1.165) is 25.9 Å². The van der Waals surface area contributed by atoms with Crippen molar-refractivity contribution in [1.82, 2.24) is 0 Å². The van der Waals surface area contributed by atoms with Crippen molar-refractivity contribution in [2.75, 3.05) is 6.54 Å². The van der Waals surface area contributed by atoms with Crippen LogP contribution in [0.15, 0.2) is 42.5 Å². The van der Waals surface area contributed by atoms with Gasteiger partial charge in [0.2, 0.25) is 0 Å². The maximum atomic E-state index is 13.9. The van der Waals surface area contributed by atoms with E-state index < -0.39 is 0 Å². The molecule has 0 radical (unpaired) electrons. The second kappa shape index (κ2) is 12.5.